The Labute approximate surface area is 187 Å². The fraction of sp³-hybridized carbons (Fsp3) is 0.150. The SMILES string of the molecule is COc1ccc(C(=O)Oc2c(Cl)cc(/C=C3\SC(=S)NC3=O)cc2OC)cc1OC. The first-order valence-electron chi connectivity index (χ1n) is 8.43. The van der Waals surface area contributed by atoms with Gasteiger partial charge < -0.3 is 24.3 Å². The van der Waals surface area contributed by atoms with Crippen LogP contribution in [-0.4, -0.2) is 37.5 Å². The maximum atomic E-state index is 12.6. The number of carbonyl (C=O) groups is 2. The third-order valence-electron chi connectivity index (χ3n) is 4.01. The molecule has 0 spiro atoms. The highest BCUT2D eigenvalue weighted by molar-refractivity contribution is 8.26. The smallest absolute Gasteiger partial charge is 0.343 e. The van der Waals surface area contributed by atoms with E-state index in [1.54, 1.807) is 30.3 Å². The summed E-state index contributed by atoms with van der Waals surface area (Å²) in [6.07, 6.45) is 1.62. The van der Waals surface area contributed by atoms with Crippen molar-refractivity contribution in [3.8, 4) is 23.0 Å². The predicted molar refractivity (Wildman–Crippen MR) is 119 cm³/mol. The van der Waals surface area contributed by atoms with E-state index < -0.39 is 5.97 Å². The molecule has 1 fully saturated rings. The molecule has 156 valence electrons. The molecule has 0 bridgehead atoms. The van der Waals surface area contributed by atoms with Gasteiger partial charge >= 0.3 is 5.97 Å². The summed E-state index contributed by atoms with van der Waals surface area (Å²) in [6, 6.07) is 7.80. The first kappa shape index (κ1) is 21.9. The number of benzene rings is 2. The van der Waals surface area contributed by atoms with Gasteiger partial charge in [0.25, 0.3) is 5.91 Å². The van der Waals surface area contributed by atoms with Crippen LogP contribution in [0.4, 0.5) is 0 Å². The van der Waals surface area contributed by atoms with Gasteiger partial charge in [0, 0.05) is 0 Å². The zero-order chi connectivity index (χ0) is 21.8. The van der Waals surface area contributed by atoms with Crippen LogP contribution in [0.25, 0.3) is 6.08 Å². The summed E-state index contributed by atoms with van der Waals surface area (Å²) in [4.78, 5) is 24.9. The van der Waals surface area contributed by atoms with Gasteiger partial charge in [-0.3, -0.25) is 4.79 Å². The molecule has 10 heteroatoms. The standard InChI is InChI=1S/C20H16ClNO6S2/c1-25-13-5-4-11(9-14(13)26-2)19(24)28-17-12(21)6-10(7-15(17)27-3)8-16-18(23)22-20(29)30-16/h4-9H,1-3H3,(H,22,23,29)/b16-8-. The van der Waals surface area contributed by atoms with Crippen molar-refractivity contribution in [1.82, 2.24) is 5.32 Å². The van der Waals surface area contributed by atoms with E-state index in [1.165, 1.54) is 27.4 Å². The van der Waals surface area contributed by atoms with Crippen molar-refractivity contribution in [1.29, 1.82) is 0 Å². The lowest BCUT2D eigenvalue weighted by Gasteiger charge is -2.13. The number of methoxy groups -OCH3 is 3. The molecule has 1 aliphatic heterocycles. The fourth-order valence-corrected chi connectivity index (χ4v) is 3.91. The van der Waals surface area contributed by atoms with Crippen molar-refractivity contribution in [3.63, 3.8) is 0 Å². The van der Waals surface area contributed by atoms with E-state index in [1.807, 2.05) is 0 Å². The largest absolute Gasteiger partial charge is 0.493 e. The molecule has 1 saturated heterocycles. The minimum absolute atomic E-state index is 0.0557. The molecule has 1 amide bonds. The molecular weight excluding hydrogens is 450 g/mol. The van der Waals surface area contributed by atoms with Crippen LogP contribution in [0.3, 0.4) is 0 Å². The highest BCUT2D eigenvalue weighted by atomic mass is 35.5. The van der Waals surface area contributed by atoms with Gasteiger partial charge in [-0.25, -0.2) is 4.79 Å². The molecule has 1 heterocycles. The molecule has 7 nitrogen and oxygen atoms in total. The van der Waals surface area contributed by atoms with Crippen LogP contribution < -0.4 is 24.3 Å². The Morgan fingerprint density at radius 2 is 1.77 bits per heavy atom. The molecule has 0 unspecified atom stereocenters. The van der Waals surface area contributed by atoms with Crippen LogP contribution in [0.15, 0.2) is 35.2 Å². The van der Waals surface area contributed by atoms with Crippen molar-refractivity contribution >= 4 is 57.9 Å². The van der Waals surface area contributed by atoms with Crippen molar-refractivity contribution in [3.05, 3.63) is 51.4 Å². The second kappa shape index (κ2) is 9.38. The van der Waals surface area contributed by atoms with E-state index in [2.05, 4.69) is 5.32 Å². The number of thiocarbonyl (C=S) groups is 1. The second-order valence-electron chi connectivity index (χ2n) is 5.85. The van der Waals surface area contributed by atoms with Gasteiger partial charge in [-0.1, -0.05) is 35.6 Å². The lowest BCUT2D eigenvalue weighted by molar-refractivity contribution is -0.115. The highest BCUT2D eigenvalue weighted by Gasteiger charge is 2.23. The average Bonchev–Trinajstić information content (AvgIpc) is 3.05. The van der Waals surface area contributed by atoms with Crippen molar-refractivity contribution < 1.29 is 28.5 Å². The molecule has 1 N–H and O–H groups in total. The molecular formula is C20H16ClNO6S2. The summed E-state index contributed by atoms with van der Waals surface area (Å²) >= 11 is 12.5. The molecule has 0 aliphatic carbocycles. The van der Waals surface area contributed by atoms with E-state index in [0.717, 1.165) is 11.8 Å². The molecule has 2 aromatic rings. The van der Waals surface area contributed by atoms with Gasteiger partial charge in [0.1, 0.15) is 4.32 Å². The molecule has 0 radical (unpaired) electrons. The Morgan fingerprint density at radius 3 is 2.37 bits per heavy atom. The molecule has 1 aliphatic rings. The third kappa shape index (κ3) is 4.69. The highest BCUT2D eigenvalue weighted by Crippen LogP contribution is 2.39. The summed E-state index contributed by atoms with van der Waals surface area (Å²) in [5.74, 6) is 0.212. The van der Waals surface area contributed by atoms with Gasteiger partial charge in [-0.05, 0) is 42.0 Å². The number of thioether (sulfide) groups is 1. The van der Waals surface area contributed by atoms with E-state index in [-0.39, 0.29) is 28.0 Å². The first-order chi connectivity index (χ1) is 14.4. The Hall–Kier alpha value is -2.75. The Kier molecular flexibility index (Phi) is 6.86. The first-order valence-corrected chi connectivity index (χ1v) is 10.0. The van der Waals surface area contributed by atoms with Crippen LogP contribution in [0, 0.1) is 0 Å². The van der Waals surface area contributed by atoms with Crippen LogP contribution in [0.2, 0.25) is 5.02 Å². The Bertz CT molecular complexity index is 1070. The minimum Gasteiger partial charge on any atom is -0.493 e. The number of hydrogen-bond donors (Lipinski definition) is 1. The lowest BCUT2D eigenvalue weighted by Crippen LogP contribution is -2.17. The Morgan fingerprint density at radius 1 is 1.07 bits per heavy atom. The van der Waals surface area contributed by atoms with Crippen molar-refractivity contribution in [2.24, 2.45) is 0 Å². The molecule has 30 heavy (non-hydrogen) atoms. The van der Waals surface area contributed by atoms with Crippen molar-refractivity contribution in [2.45, 2.75) is 0 Å². The van der Waals surface area contributed by atoms with Gasteiger partial charge in [0.2, 0.25) is 0 Å². The quantitative estimate of drug-likeness (QED) is 0.296. The number of carbonyl (C=O) groups excluding carboxylic acids is 2. The van der Waals surface area contributed by atoms with E-state index in [4.69, 9.17) is 42.8 Å². The number of ether oxygens (including phenoxy) is 4. The fourth-order valence-electron chi connectivity index (χ4n) is 2.61. The number of hydrogen-bond acceptors (Lipinski definition) is 8. The number of amides is 1. The van der Waals surface area contributed by atoms with Gasteiger partial charge in [0.05, 0.1) is 36.8 Å². The van der Waals surface area contributed by atoms with Gasteiger partial charge in [-0.2, -0.15) is 0 Å². The number of esters is 1. The summed E-state index contributed by atoms with van der Waals surface area (Å²) in [5, 5.41) is 2.68. The predicted octanol–water partition coefficient (Wildman–Crippen LogP) is 4.07. The summed E-state index contributed by atoms with van der Waals surface area (Å²) in [5.41, 5.74) is 0.828. The molecule has 0 saturated carbocycles. The van der Waals surface area contributed by atoms with E-state index in [0.29, 0.717) is 26.3 Å². The van der Waals surface area contributed by atoms with E-state index >= 15 is 0 Å². The zero-order valence-electron chi connectivity index (χ0n) is 16.1. The zero-order valence-corrected chi connectivity index (χ0v) is 18.5. The molecule has 2 aromatic carbocycles. The number of rotatable bonds is 6. The Balaban J connectivity index is 1.89. The van der Waals surface area contributed by atoms with Gasteiger partial charge in [-0.15, -0.1) is 0 Å². The summed E-state index contributed by atoms with van der Waals surface area (Å²) in [6.45, 7) is 0. The summed E-state index contributed by atoms with van der Waals surface area (Å²) in [7, 11) is 4.39. The topological polar surface area (TPSA) is 83.1 Å². The maximum Gasteiger partial charge on any atom is 0.343 e. The van der Waals surface area contributed by atoms with Crippen LogP contribution >= 0.6 is 35.6 Å². The molecule has 0 atom stereocenters. The molecule has 3 rings (SSSR count). The monoisotopic (exact) mass is 465 g/mol. The summed E-state index contributed by atoms with van der Waals surface area (Å²) < 4.78 is 21.6. The molecule has 0 aromatic heterocycles. The third-order valence-corrected chi connectivity index (χ3v) is 5.45. The maximum absolute atomic E-state index is 12.6. The van der Waals surface area contributed by atoms with Gasteiger partial charge in [0.15, 0.2) is 23.0 Å². The number of nitrogens with one attached hydrogen (secondary N) is 1. The second-order valence-corrected chi connectivity index (χ2v) is 7.97. The van der Waals surface area contributed by atoms with Crippen molar-refractivity contribution in [2.75, 3.05) is 21.3 Å². The van der Waals surface area contributed by atoms with E-state index in [9.17, 15) is 9.59 Å². The van der Waals surface area contributed by atoms with Crippen LogP contribution in [0.1, 0.15) is 15.9 Å². The lowest BCUT2D eigenvalue weighted by atomic mass is 10.1. The van der Waals surface area contributed by atoms with Crippen LogP contribution in [0.5, 0.6) is 23.0 Å². The number of halogens is 1. The average molecular weight is 466 g/mol. The normalized spacial score (nSPS) is 14.5. The van der Waals surface area contributed by atoms with Crippen LogP contribution in [-0.2, 0) is 4.79 Å². The minimum atomic E-state index is -0.654.